The van der Waals surface area contributed by atoms with E-state index in [0.29, 0.717) is 11.4 Å². The van der Waals surface area contributed by atoms with E-state index in [1.807, 2.05) is 0 Å². The number of amides is 1. The molecule has 2 aromatic rings. The number of sulfonamides is 1. The van der Waals surface area contributed by atoms with Crippen molar-refractivity contribution in [3.63, 3.8) is 0 Å². The summed E-state index contributed by atoms with van der Waals surface area (Å²) in [6, 6.07) is 8.61. The first kappa shape index (κ1) is 16.9. The van der Waals surface area contributed by atoms with Gasteiger partial charge < -0.3 is 10.1 Å². The molecule has 9 heteroatoms. The van der Waals surface area contributed by atoms with Gasteiger partial charge in [0.05, 0.1) is 16.3 Å². The highest BCUT2D eigenvalue weighted by Gasteiger charge is 2.24. The number of ether oxygens (including phenoxy) is 1. The lowest BCUT2D eigenvalue weighted by Gasteiger charge is -2.23. The van der Waals surface area contributed by atoms with Crippen LogP contribution in [0.15, 0.2) is 41.3 Å². The largest absolute Gasteiger partial charge is 0.479 e. The van der Waals surface area contributed by atoms with Crippen LogP contribution in [0.4, 0.5) is 11.4 Å². The van der Waals surface area contributed by atoms with Crippen molar-refractivity contribution in [1.29, 1.82) is 0 Å². The van der Waals surface area contributed by atoms with Gasteiger partial charge in [-0.25, -0.2) is 8.42 Å². The second-order valence-electron chi connectivity index (χ2n) is 5.17. The van der Waals surface area contributed by atoms with Gasteiger partial charge in [-0.1, -0.05) is 23.2 Å². The number of hydrogen-bond donors (Lipinski definition) is 2. The SMILES string of the molecule is C[C@@H]1Oc2ccc(NS(=O)(=O)c3cc(Cl)cc(Cl)c3)cc2NC1=O. The molecule has 0 unspecified atom stereocenters. The molecule has 126 valence electrons. The van der Waals surface area contributed by atoms with Crippen LogP contribution in [0.1, 0.15) is 6.92 Å². The van der Waals surface area contributed by atoms with Crippen molar-refractivity contribution in [1.82, 2.24) is 0 Å². The number of halogens is 2. The van der Waals surface area contributed by atoms with Crippen molar-refractivity contribution in [2.75, 3.05) is 10.0 Å². The van der Waals surface area contributed by atoms with Gasteiger partial charge in [-0.3, -0.25) is 9.52 Å². The summed E-state index contributed by atoms with van der Waals surface area (Å²) >= 11 is 11.7. The topological polar surface area (TPSA) is 84.5 Å². The molecule has 0 aromatic heterocycles. The van der Waals surface area contributed by atoms with Gasteiger partial charge in [0.2, 0.25) is 0 Å². The third-order valence-electron chi connectivity index (χ3n) is 3.31. The minimum atomic E-state index is -3.88. The summed E-state index contributed by atoms with van der Waals surface area (Å²) in [5, 5.41) is 3.07. The molecule has 3 rings (SSSR count). The molecular weight excluding hydrogens is 375 g/mol. The lowest BCUT2D eigenvalue weighted by atomic mass is 10.2. The Kier molecular flexibility index (Phi) is 4.33. The molecule has 0 aliphatic carbocycles. The third-order valence-corrected chi connectivity index (χ3v) is 5.11. The van der Waals surface area contributed by atoms with E-state index in [1.165, 1.54) is 30.3 Å². The molecule has 1 aliphatic rings. The molecule has 0 saturated carbocycles. The van der Waals surface area contributed by atoms with Gasteiger partial charge in [-0.2, -0.15) is 0 Å². The monoisotopic (exact) mass is 386 g/mol. The Balaban J connectivity index is 1.91. The van der Waals surface area contributed by atoms with Crippen LogP contribution >= 0.6 is 23.2 Å². The van der Waals surface area contributed by atoms with Crippen LogP contribution in [0, 0.1) is 0 Å². The van der Waals surface area contributed by atoms with E-state index in [-0.39, 0.29) is 26.5 Å². The van der Waals surface area contributed by atoms with Gasteiger partial charge in [-0.15, -0.1) is 0 Å². The second kappa shape index (κ2) is 6.16. The first-order chi connectivity index (χ1) is 11.2. The van der Waals surface area contributed by atoms with Crippen LogP contribution in [0.2, 0.25) is 10.0 Å². The van der Waals surface area contributed by atoms with Gasteiger partial charge in [0, 0.05) is 10.0 Å². The van der Waals surface area contributed by atoms with Crippen LogP contribution in [0.25, 0.3) is 0 Å². The van der Waals surface area contributed by atoms with Gasteiger partial charge in [0.25, 0.3) is 15.9 Å². The molecule has 0 saturated heterocycles. The molecular formula is C15H12Cl2N2O4S. The van der Waals surface area contributed by atoms with E-state index in [4.69, 9.17) is 27.9 Å². The first-order valence-electron chi connectivity index (χ1n) is 6.85. The first-order valence-corrected chi connectivity index (χ1v) is 9.09. The van der Waals surface area contributed by atoms with Gasteiger partial charge in [0.1, 0.15) is 5.75 Å². The lowest BCUT2D eigenvalue weighted by molar-refractivity contribution is -0.122. The summed E-state index contributed by atoms with van der Waals surface area (Å²) in [6.07, 6.45) is -0.603. The van der Waals surface area contributed by atoms with Crippen LogP contribution in [0.5, 0.6) is 5.75 Å². The molecule has 1 atom stereocenters. The van der Waals surface area contributed by atoms with E-state index >= 15 is 0 Å². The normalized spacial score (nSPS) is 16.8. The lowest BCUT2D eigenvalue weighted by Crippen LogP contribution is -2.34. The number of fused-ring (bicyclic) bond motifs is 1. The highest BCUT2D eigenvalue weighted by molar-refractivity contribution is 7.92. The van der Waals surface area contributed by atoms with Crippen LogP contribution in [0.3, 0.4) is 0 Å². The van der Waals surface area contributed by atoms with Crippen LogP contribution < -0.4 is 14.8 Å². The van der Waals surface area contributed by atoms with E-state index in [1.54, 1.807) is 13.0 Å². The summed E-state index contributed by atoms with van der Waals surface area (Å²) in [5.74, 6) is 0.167. The van der Waals surface area contributed by atoms with Gasteiger partial charge in [0.15, 0.2) is 6.10 Å². The fraction of sp³-hybridized carbons (Fsp3) is 0.133. The zero-order valence-corrected chi connectivity index (χ0v) is 14.7. The quantitative estimate of drug-likeness (QED) is 0.844. The molecule has 0 radical (unpaired) electrons. The predicted molar refractivity (Wildman–Crippen MR) is 92.4 cm³/mol. The standard InChI is InChI=1S/C15H12Cl2N2O4S/c1-8-15(20)18-13-7-11(2-3-14(13)23-8)19-24(21,22)12-5-9(16)4-10(17)6-12/h2-8,19H,1H3,(H,18,20)/t8-/m0/s1. The maximum Gasteiger partial charge on any atom is 0.265 e. The Morgan fingerprint density at radius 1 is 1.12 bits per heavy atom. The molecule has 0 fully saturated rings. The molecule has 1 amide bonds. The van der Waals surface area contributed by atoms with Crippen molar-refractivity contribution in [3.05, 3.63) is 46.4 Å². The third kappa shape index (κ3) is 3.43. The summed E-state index contributed by atoms with van der Waals surface area (Å²) < 4.78 is 32.7. The summed E-state index contributed by atoms with van der Waals surface area (Å²) in [4.78, 5) is 11.6. The minimum absolute atomic E-state index is 0.0633. The molecule has 1 heterocycles. The van der Waals surface area contributed by atoms with E-state index in [0.717, 1.165) is 0 Å². The fourth-order valence-corrected chi connectivity index (χ4v) is 3.94. The highest BCUT2D eigenvalue weighted by atomic mass is 35.5. The number of benzene rings is 2. The Bertz CT molecular complexity index is 911. The molecule has 2 N–H and O–H groups in total. The van der Waals surface area contributed by atoms with Crippen LogP contribution in [-0.4, -0.2) is 20.4 Å². The van der Waals surface area contributed by atoms with E-state index < -0.39 is 16.1 Å². The molecule has 6 nitrogen and oxygen atoms in total. The zero-order chi connectivity index (χ0) is 17.5. The van der Waals surface area contributed by atoms with Crippen molar-refractivity contribution in [3.8, 4) is 5.75 Å². The zero-order valence-electron chi connectivity index (χ0n) is 12.3. The van der Waals surface area contributed by atoms with Crippen molar-refractivity contribution in [2.24, 2.45) is 0 Å². The van der Waals surface area contributed by atoms with Crippen molar-refractivity contribution < 1.29 is 17.9 Å². The molecule has 0 spiro atoms. The minimum Gasteiger partial charge on any atom is -0.479 e. The Morgan fingerprint density at radius 2 is 1.79 bits per heavy atom. The molecule has 2 aromatic carbocycles. The predicted octanol–water partition coefficient (Wildman–Crippen LogP) is 3.51. The summed E-state index contributed by atoms with van der Waals surface area (Å²) in [7, 11) is -3.88. The number of anilines is 2. The van der Waals surface area contributed by atoms with Gasteiger partial charge in [-0.05, 0) is 43.3 Å². The Morgan fingerprint density at radius 3 is 2.46 bits per heavy atom. The Hall–Kier alpha value is -1.96. The van der Waals surface area contributed by atoms with E-state index in [2.05, 4.69) is 10.0 Å². The molecule has 1 aliphatic heterocycles. The average Bonchev–Trinajstić information content (AvgIpc) is 2.47. The van der Waals surface area contributed by atoms with Gasteiger partial charge >= 0.3 is 0 Å². The second-order valence-corrected chi connectivity index (χ2v) is 7.73. The number of rotatable bonds is 3. The highest BCUT2D eigenvalue weighted by Crippen LogP contribution is 2.33. The van der Waals surface area contributed by atoms with E-state index in [9.17, 15) is 13.2 Å². The molecule has 0 bridgehead atoms. The average molecular weight is 387 g/mol. The summed E-state index contributed by atoms with van der Waals surface area (Å²) in [5.41, 5.74) is 0.658. The smallest absolute Gasteiger partial charge is 0.265 e. The van der Waals surface area contributed by atoms with Crippen molar-refractivity contribution in [2.45, 2.75) is 17.9 Å². The van der Waals surface area contributed by atoms with Crippen molar-refractivity contribution >= 4 is 50.5 Å². The number of carbonyl (C=O) groups is 1. The number of hydrogen-bond acceptors (Lipinski definition) is 4. The molecule has 24 heavy (non-hydrogen) atoms. The number of carbonyl (C=O) groups excluding carboxylic acids is 1. The summed E-state index contributed by atoms with van der Waals surface area (Å²) in [6.45, 7) is 1.62. The Labute approximate surface area is 148 Å². The fourth-order valence-electron chi connectivity index (χ4n) is 2.17. The van der Waals surface area contributed by atoms with Crippen LogP contribution in [-0.2, 0) is 14.8 Å². The maximum absolute atomic E-state index is 12.4. The number of nitrogens with one attached hydrogen (secondary N) is 2. The maximum atomic E-state index is 12.4.